The van der Waals surface area contributed by atoms with Crippen LogP contribution in [0.1, 0.15) is 72.1 Å². The molecule has 0 aromatic rings. The lowest BCUT2D eigenvalue weighted by Crippen LogP contribution is -2.34. The van der Waals surface area contributed by atoms with Crippen molar-refractivity contribution in [3.63, 3.8) is 0 Å². The lowest BCUT2D eigenvalue weighted by molar-refractivity contribution is -0.121. The van der Waals surface area contributed by atoms with Crippen LogP contribution in [-0.4, -0.2) is 24.5 Å². The van der Waals surface area contributed by atoms with Crippen molar-refractivity contribution in [2.75, 3.05) is 6.54 Å². The van der Waals surface area contributed by atoms with Crippen molar-refractivity contribution in [2.24, 2.45) is 11.3 Å². The number of carbonyl (C=O) groups excluding carboxylic acids is 1. The topological polar surface area (TPSA) is 41.1 Å². The third-order valence-corrected chi connectivity index (χ3v) is 4.92. The monoisotopic (exact) mass is 280 g/mol. The van der Waals surface area contributed by atoms with Gasteiger partial charge in [0.15, 0.2) is 0 Å². The largest absolute Gasteiger partial charge is 0.353 e. The van der Waals surface area contributed by atoms with E-state index < -0.39 is 0 Å². The van der Waals surface area contributed by atoms with Crippen molar-refractivity contribution in [1.29, 1.82) is 0 Å². The van der Waals surface area contributed by atoms with Gasteiger partial charge in [-0.15, -0.1) is 0 Å². The Morgan fingerprint density at radius 3 is 2.35 bits per heavy atom. The highest BCUT2D eigenvalue weighted by molar-refractivity contribution is 5.76. The number of amides is 1. The predicted octanol–water partition coefficient (Wildman–Crippen LogP) is 3.24. The average Bonchev–Trinajstić information content (AvgIpc) is 3.14. The number of nitrogens with one attached hydrogen (secondary N) is 2. The first kappa shape index (κ1) is 15.8. The Balaban J connectivity index is 1.62. The van der Waals surface area contributed by atoms with Gasteiger partial charge in [0.1, 0.15) is 0 Å². The van der Waals surface area contributed by atoms with E-state index in [0.717, 1.165) is 12.5 Å². The van der Waals surface area contributed by atoms with Gasteiger partial charge < -0.3 is 10.6 Å². The standard InChI is InChI=1S/C17H32N2O/c1-17(2,3)13-5-4-6-14(8-7-13)18-12-11-16(20)19-15-9-10-15/h13-15,18H,4-12H2,1-3H3,(H,19,20). The summed E-state index contributed by atoms with van der Waals surface area (Å²) in [6, 6.07) is 1.11. The van der Waals surface area contributed by atoms with Gasteiger partial charge >= 0.3 is 0 Å². The Labute approximate surface area is 124 Å². The van der Waals surface area contributed by atoms with Gasteiger partial charge in [0.05, 0.1) is 0 Å². The third kappa shape index (κ3) is 5.43. The van der Waals surface area contributed by atoms with Crippen LogP contribution in [0.5, 0.6) is 0 Å². The molecule has 0 bridgehead atoms. The molecule has 2 aliphatic carbocycles. The van der Waals surface area contributed by atoms with E-state index in [0.29, 0.717) is 23.9 Å². The van der Waals surface area contributed by atoms with E-state index in [4.69, 9.17) is 0 Å². The quantitative estimate of drug-likeness (QED) is 0.759. The molecule has 116 valence electrons. The Morgan fingerprint density at radius 1 is 1.00 bits per heavy atom. The van der Waals surface area contributed by atoms with Crippen LogP contribution in [0.15, 0.2) is 0 Å². The molecule has 2 aliphatic rings. The van der Waals surface area contributed by atoms with Gasteiger partial charge in [0.2, 0.25) is 5.91 Å². The van der Waals surface area contributed by atoms with Gasteiger partial charge in [0, 0.05) is 25.0 Å². The van der Waals surface area contributed by atoms with Crippen LogP contribution in [0, 0.1) is 11.3 Å². The maximum atomic E-state index is 11.6. The second-order valence-electron chi connectivity index (χ2n) is 7.81. The number of hydrogen-bond acceptors (Lipinski definition) is 2. The fourth-order valence-electron chi connectivity index (χ4n) is 3.29. The average molecular weight is 280 g/mol. The Kier molecular flexibility index (Phi) is 5.48. The first-order valence-electron chi connectivity index (χ1n) is 8.48. The number of hydrogen-bond donors (Lipinski definition) is 2. The van der Waals surface area contributed by atoms with Crippen molar-refractivity contribution in [2.45, 2.75) is 84.2 Å². The van der Waals surface area contributed by atoms with Gasteiger partial charge in [-0.2, -0.15) is 0 Å². The fraction of sp³-hybridized carbons (Fsp3) is 0.941. The van der Waals surface area contributed by atoms with Crippen molar-refractivity contribution in [3.8, 4) is 0 Å². The fourth-order valence-corrected chi connectivity index (χ4v) is 3.29. The van der Waals surface area contributed by atoms with E-state index in [1.54, 1.807) is 0 Å². The minimum absolute atomic E-state index is 0.223. The molecule has 2 unspecified atom stereocenters. The first-order valence-corrected chi connectivity index (χ1v) is 8.48. The molecule has 2 rings (SSSR count). The molecule has 0 aliphatic heterocycles. The summed E-state index contributed by atoms with van der Waals surface area (Å²) in [6.07, 6.45) is 9.55. The van der Waals surface area contributed by atoms with Crippen molar-refractivity contribution in [3.05, 3.63) is 0 Å². The van der Waals surface area contributed by atoms with E-state index in [2.05, 4.69) is 31.4 Å². The molecule has 0 aromatic carbocycles. The zero-order valence-corrected chi connectivity index (χ0v) is 13.5. The Hall–Kier alpha value is -0.570. The van der Waals surface area contributed by atoms with Crippen LogP contribution in [0.2, 0.25) is 0 Å². The first-order chi connectivity index (χ1) is 9.45. The minimum atomic E-state index is 0.223. The molecule has 3 nitrogen and oxygen atoms in total. The summed E-state index contributed by atoms with van der Waals surface area (Å²) < 4.78 is 0. The van der Waals surface area contributed by atoms with Crippen molar-refractivity contribution >= 4 is 5.91 Å². The summed E-state index contributed by atoms with van der Waals surface area (Å²) in [6.45, 7) is 7.94. The maximum absolute atomic E-state index is 11.6. The summed E-state index contributed by atoms with van der Waals surface area (Å²) in [5.74, 6) is 1.08. The number of rotatable bonds is 5. The van der Waals surface area contributed by atoms with Crippen LogP contribution < -0.4 is 10.6 Å². The third-order valence-electron chi connectivity index (χ3n) is 4.92. The van der Waals surface area contributed by atoms with Crippen LogP contribution in [0.25, 0.3) is 0 Å². The molecule has 3 heteroatoms. The van der Waals surface area contributed by atoms with Gasteiger partial charge in [-0.05, 0) is 49.9 Å². The smallest absolute Gasteiger partial charge is 0.221 e. The van der Waals surface area contributed by atoms with Crippen LogP contribution in [0.4, 0.5) is 0 Å². The van der Waals surface area contributed by atoms with E-state index in [-0.39, 0.29) is 5.91 Å². The zero-order chi connectivity index (χ0) is 14.6. The highest BCUT2D eigenvalue weighted by Crippen LogP contribution is 2.36. The molecule has 2 fully saturated rings. The molecule has 0 heterocycles. The summed E-state index contributed by atoms with van der Waals surface area (Å²) in [5, 5.41) is 6.65. The molecular weight excluding hydrogens is 248 g/mol. The summed E-state index contributed by atoms with van der Waals surface area (Å²) in [7, 11) is 0. The second kappa shape index (κ2) is 6.93. The zero-order valence-electron chi connectivity index (χ0n) is 13.5. The molecule has 0 saturated heterocycles. The van der Waals surface area contributed by atoms with Gasteiger partial charge in [0.25, 0.3) is 0 Å². The van der Waals surface area contributed by atoms with E-state index in [1.807, 2.05) is 0 Å². The summed E-state index contributed by atoms with van der Waals surface area (Å²) >= 11 is 0. The molecule has 2 N–H and O–H groups in total. The van der Waals surface area contributed by atoms with E-state index in [9.17, 15) is 4.79 Å². The lowest BCUT2D eigenvalue weighted by Gasteiger charge is -2.29. The minimum Gasteiger partial charge on any atom is -0.353 e. The Bertz CT molecular complexity index is 317. The highest BCUT2D eigenvalue weighted by atomic mass is 16.1. The van der Waals surface area contributed by atoms with Gasteiger partial charge in [-0.1, -0.05) is 27.2 Å². The molecule has 20 heavy (non-hydrogen) atoms. The summed E-state index contributed by atoms with van der Waals surface area (Å²) in [4.78, 5) is 11.6. The SMILES string of the molecule is CC(C)(C)C1CCCC(NCCC(=O)NC2CC2)CC1. The normalized spacial score (nSPS) is 27.9. The van der Waals surface area contributed by atoms with E-state index in [1.165, 1.54) is 44.9 Å². The Morgan fingerprint density at radius 2 is 1.70 bits per heavy atom. The predicted molar refractivity (Wildman–Crippen MR) is 83.6 cm³/mol. The van der Waals surface area contributed by atoms with Crippen LogP contribution >= 0.6 is 0 Å². The molecule has 0 radical (unpaired) electrons. The molecule has 1 amide bonds. The molecular formula is C17H32N2O. The summed E-state index contributed by atoms with van der Waals surface area (Å²) in [5.41, 5.74) is 0.443. The molecule has 2 saturated carbocycles. The van der Waals surface area contributed by atoms with Crippen molar-refractivity contribution in [1.82, 2.24) is 10.6 Å². The highest BCUT2D eigenvalue weighted by Gasteiger charge is 2.27. The van der Waals surface area contributed by atoms with E-state index >= 15 is 0 Å². The molecule has 0 aromatic heterocycles. The van der Waals surface area contributed by atoms with Crippen LogP contribution in [-0.2, 0) is 4.79 Å². The number of carbonyl (C=O) groups is 1. The van der Waals surface area contributed by atoms with Gasteiger partial charge in [-0.25, -0.2) is 0 Å². The molecule has 2 atom stereocenters. The second-order valence-corrected chi connectivity index (χ2v) is 7.81. The maximum Gasteiger partial charge on any atom is 0.221 e. The van der Waals surface area contributed by atoms with Crippen LogP contribution in [0.3, 0.4) is 0 Å². The van der Waals surface area contributed by atoms with Crippen molar-refractivity contribution < 1.29 is 4.79 Å². The molecule has 0 spiro atoms. The lowest BCUT2D eigenvalue weighted by atomic mass is 9.76. The van der Waals surface area contributed by atoms with Gasteiger partial charge in [-0.3, -0.25) is 4.79 Å².